The van der Waals surface area contributed by atoms with Gasteiger partial charge >= 0.3 is 12.4 Å². The zero-order valence-corrected chi connectivity index (χ0v) is 13.0. The van der Waals surface area contributed by atoms with E-state index in [1.54, 1.807) is 24.3 Å². The summed E-state index contributed by atoms with van der Waals surface area (Å²) >= 11 is 0. The van der Waals surface area contributed by atoms with E-state index in [2.05, 4.69) is 11.8 Å². The zero-order valence-electron chi connectivity index (χ0n) is 13.0. The fourth-order valence-corrected chi connectivity index (χ4v) is 1.97. The Morgan fingerprint density at radius 2 is 1.54 bits per heavy atom. The Morgan fingerprint density at radius 1 is 0.923 bits per heavy atom. The summed E-state index contributed by atoms with van der Waals surface area (Å²) in [5.74, 6) is 4.59. The topological polar surface area (TPSA) is 33.1 Å². The van der Waals surface area contributed by atoms with E-state index in [9.17, 15) is 26.3 Å². The Kier molecular flexibility index (Phi) is 5.60. The van der Waals surface area contributed by atoms with Crippen molar-refractivity contribution in [1.82, 2.24) is 0 Å². The molecule has 136 valence electrons. The third-order valence-corrected chi connectivity index (χ3v) is 3.16. The van der Waals surface area contributed by atoms with Gasteiger partial charge in [-0.3, -0.25) is 0 Å². The van der Waals surface area contributed by atoms with E-state index in [0.29, 0.717) is 23.3 Å². The van der Waals surface area contributed by atoms with Crippen LogP contribution in [-0.4, -0.2) is 12.8 Å². The number of alkyl halides is 6. The van der Waals surface area contributed by atoms with Crippen LogP contribution < -0.4 is 4.74 Å². The summed E-state index contributed by atoms with van der Waals surface area (Å²) in [6.07, 6.45) is -8.75. The first-order chi connectivity index (χ1) is 12.1. The first-order valence-corrected chi connectivity index (χ1v) is 7.11. The van der Waals surface area contributed by atoms with Crippen LogP contribution in [0.2, 0.25) is 0 Å². The molecule has 0 aliphatic carbocycles. The lowest BCUT2D eigenvalue weighted by Crippen LogP contribution is -2.11. The predicted molar refractivity (Wildman–Crippen MR) is 83.1 cm³/mol. The molecule has 0 aliphatic heterocycles. The summed E-state index contributed by atoms with van der Waals surface area (Å²) in [4.78, 5) is 0. The lowest BCUT2D eigenvalue weighted by molar-refractivity contribution is -0.143. The highest BCUT2D eigenvalue weighted by atomic mass is 19.4. The Bertz CT molecular complexity index is 826. The van der Waals surface area contributed by atoms with Gasteiger partial charge in [-0.2, -0.15) is 26.3 Å². The molecule has 0 atom stereocenters. The maximum Gasteiger partial charge on any atom is 0.416 e. The van der Waals surface area contributed by atoms with Crippen molar-refractivity contribution in [3.05, 3.63) is 64.7 Å². The number of hydrogen-bond donors (Lipinski definition) is 1. The lowest BCUT2D eigenvalue weighted by atomic mass is 10.1. The third-order valence-electron chi connectivity index (χ3n) is 3.16. The first kappa shape index (κ1) is 19.4. The monoisotopic (exact) mass is 371 g/mol. The van der Waals surface area contributed by atoms with Gasteiger partial charge in [0.2, 0.25) is 0 Å². The van der Waals surface area contributed by atoms with Crippen molar-refractivity contribution in [1.29, 1.82) is 5.41 Å². The molecule has 0 fully saturated rings. The third kappa shape index (κ3) is 5.28. The van der Waals surface area contributed by atoms with Gasteiger partial charge in [0.05, 0.1) is 11.1 Å². The highest BCUT2D eigenvalue weighted by Crippen LogP contribution is 2.38. The van der Waals surface area contributed by atoms with E-state index in [1.807, 2.05) is 0 Å². The van der Waals surface area contributed by atoms with E-state index >= 15 is 0 Å². The van der Waals surface area contributed by atoms with Gasteiger partial charge in [0.1, 0.15) is 12.4 Å². The molecule has 0 aromatic heterocycles. The molecule has 2 aromatic carbocycles. The molecule has 0 spiro atoms. The van der Waals surface area contributed by atoms with Crippen molar-refractivity contribution in [2.75, 3.05) is 6.61 Å². The van der Waals surface area contributed by atoms with Crippen LogP contribution >= 0.6 is 0 Å². The quantitative estimate of drug-likeness (QED) is 0.452. The van der Waals surface area contributed by atoms with Crippen LogP contribution in [0.15, 0.2) is 42.5 Å². The molecular formula is C18H11F6NO. The number of benzene rings is 2. The summed E-state index contributed by atoms with van der Waals surface area (Å²) < 4.78 is 81.4. The van der Waals surface area contributed by atoms with Gasteiger partial charge in [0.25, 0.3) is 0 Å². The summed E-state index contributed by atoms with van der Waals surface area (Å²) in [7, 11) is 0. The largest absolute Gasteiger partial charge is 0.481 e. The minimum Gasteiger partial charge on any atom is -0.481 e. The van der Waals surface area contributed by atoms with Gasteiger partial charge in [-0.1, -0.05) is 24.0 Å². The van der Waals surface area contributed by atoms with Crippen molar-refractivity contribution >= 4 is 6.21 Å². The highest BCUT2D eigenvalue weighted by Gasteiger charge is 2.37. The number of hydrogen-bond acceptors (Lipinski definition) is 2. The lowest BCUT2D eigenvalue weighted by Gasteiger charge is -2.14. The maximum absolute atomic E-state index is 12.7. The molecule has 2 nitrogen and oxygen atoms in total. The van der Waals surface area contributed by atoms with E-state index in [0.717, 1.165) is 6.21 Å². The van der Waals surface area contributed by atoms with Crippen LogP contribution in [0.4, 0.5) is 26.3 Å². The summed E-state index contributed by atoms with van der Waals surface area (Å²) in [5, 5.41) is 7.13. The number of rotatable bonds is 3. The van der Waals surface area contributed by atoms with Gasteiger partial charge in [0, 0.05) is 11.8 Å². The minimum atomic E-state index is -4.93. The molecule has 26 heavy (non-hydrogen) atoms. The molecule has 0 aliphatic rings. The Labute approximate surface area is 144 Å². The summed E-state index contributed by atoms with van der Waals surface area (Å²) in [6.45, 7) is -0.395. The smallest absolute Gasteiger partial charge is 0.416 e. The van der Waals surface area contributed by atoms with Gasteiger partial charge in [-0.05, 0) is 35.9 Å². The summed E-state index contributed by atoms with van der Waals surface area (Å²) in [5.41, 5.74) is -1.76. The molecule has 0 saturated heterocycles. The summed E-state index contributed by atoms with van der Waals surface area (Å²) in [6, 6.07) is 7.60. The molecule has 0 amide bonds. The normalized spacial score (nSPS) is 11.5. The van der Waals surface area contributed by atoms with Crippen LogP contribution in [0.5, 0.6) is 5.75 Å². The van der Waals surface area contributed by atoms with Crippen molar-refractivity contribution in [3.8, 4) is 17.6 Å². The first-order valence-electron chi connectivity index (χ1n) is 7.11. The van der Waals surface area contributed by atoms with Crippen LogP contribution in [0.1, 0.15) is 22.3 Å². The highest BCUT2D eigenvalue weighted by molar-refractivity contribution is 5.77. The molecular weight excluding hydrogens is 360 g/mol. The molecule has 8 heteroatoms. The molecule has 0 heterocycles. The molecule has 2 rings (SSSR count). The Hall–Kier alpha value is -2.95. The van der Waals surface area contributed by atoms with Crippen LogP contribution in [0, 0.1) is 17.3 Å². The van der Waals surface area contributed by atoms with Crippen LogP contribution in [0.25, 0.3) is 0 Å². The van der Waals surface area contributed by atoms with Crippen molar-refractivity contribution < 1.29 is 31.1 Å². The van der Waals surface area contributed by atoms with Crippen molar-refractivity contribution in [3.63, 3.8) is 0 Å². The van der Waals surface area contributed by atoms with E-state index < -0.39 is 35.8 Å². The maximum atomic E-state index is 12.7. The molecule has 0 saturated carbocycles. The van der Waals surface area contributed by atoms with Gasteiger partial charge < -0.3 is 10.1 Å². The minimum absolute atomic E-state index is 0.0292. The molecule has 0 bridgehead atoms. The number of nitrogens with one attached hydrogen (secondary N) is 1. The van der Waals surface area contributed by atoms with Crippen LogP contribution in [0.3, 0.4) is 0 Å². The number of halogens is 6. The van der Waals surface area contributed by atoms with Gasteiger partial charge in [0.15, 0.2) is 0 Å². The average Bonchev–Trinajstić information content (AvgIpc) is 2.57. The second kappa shape index (κ2) is 7.52. The van der Waals surface area contributed by atoms with Crippen molar-refractivity contribution in [2.45, 2.75) is 12.4 Å². The predicted octanol–water partition coefficient (Wildman–Crippen LogP) is 5.15. The van der Waals surface area contributed by atoms with Gasteiger partial charge in [-0.25, -0.2) is 0 Å². The second-order valence-electron chi connectivity index (χ2n) is 5.10. The molecule has 0 radical (unpaired) electrons. The zero-order chi connectivity index (χ0) is 19.4. The molecule has 0 unspecified atom stereocenters. The number of ether oxygens (including phenoxy) is 1. The molecule has 1 N–H and O–H groups in total. The average molecular weight is 371 g/mol. The standard InChI is InChI=1S/C18H11F6NO/c19-17(20,21)14-8-15(18(22,23)24)10-16(9-14)26-6-2-5-12-3-1-4-13(7-12)11-25/h1,3-4,7-11,25H,6H2. The fourth-order valence-electron chi connectivity index (χ4n) is 1.97. The second-order valence-corrected chi connectivity index (χ2v) is 5.10. The van der Waals surface area contributed by atoms with E-state index in [4.69, 9.17) is 10.1 Å². The van der Waals surface area contributed by atoms with Gasteiger partial charge in [-0.15, -0.1) is 0 Å². The fraction of sp³-hybridized carbons (Fsp3) is 0.167. The Balaban J connectivity index is 2.19. The van der Waals surface area contributed by atoms with Crippen LogP contribution in [-0.2, 0) is 12.4 Å². The Morgan fingerprint density at radius 3 is 2.08 bits per heavy atom. The van der Waals surface area contributed by atoms with Crippen molar-refractivity contribution in [2.24, 2.45) is 0 Å². The van der Waals surface area contributed by atoms with E-state index in [-0.39, 0.29) is 6.07 Å². The SMILES string of the molecule is N=Cc1cccc(C#CCOc2cc(C(F)(F)F)cc(C(F)(F)F)c2)c1. The van der Waals surface area contributed by atoms with E-state index in [1.165, 1.54) is 0 Å². The molecule has 2 aromatic rings.